The number of hydrogen-bond acceptors (Lipinski definition) is 4. The molecule has 1 N–H and O–H groups in total. The largest absolute Gasteiger partial charge is 0.383 e. The van der Waals surface area contributed by atoms with E-state index in [-0.39, 0.29) is 17.0 Å². The molecule has 1 aromatic carbocycles. The molecular weight excluding hydrogens is 342 g/mol. The third kappa shape index (κ3) is 5.28. The maximum atomic E-state index is 12.8. The van der Waals surface area contributed by atoms with Gasteiger partial charge in [-0.2, -0.15) is 5.26 Å². The van der Waals surface area contributed by atoms with E-state index in [0.29, 0.717) is 43.8 Å². The summed E-state index contributed by atoms with van der Waals surface area (Å²) in [6.07, 6.45) is 0.773. The number of aromatic nitrogens is 1. The summed E-state index contributed by atoms with van der Waals surface area (Å²) >= 11 is 0. The van der Waals surface area contributed by atoms with Crippen LogP contribution in [0.25, 0.3) is 0 Å². The number of ether oxygens (including phenoxy) is 1. The number of aryl methyl sites for hydroxylation is 1. The van der Waals surface area contributed by atoms with Gasteiger partial charge < -0.3 is 14.6 Å². The number of aromatic amines is 1. The van der Waals surface area contributed by atoms with Crippen LogP contribution in [-0.4, -0.2) is 36.1 Å². The summed E-state index contributed by atoms with van der Waals surface area (Å²) in [5.41, 5.74) is 3.00. The number of H-pyrrole nitrogens is 1. The Kier molecular flexibility index (Phi) is 7.33. The van der Waals surface area contributed by atoms with Gasteiger partial charge in [0.2, 0.25) is 5.91 Å². The van der Waals surface area contributed by atoms with Gasteiger partial charge in [0, 0.05) is 32.3 Å². The summed E-state index contributed by atoms with van der Waals surface area (Å²) in [6.45, 7) is 5.05. The van der Waals surface area contributed by atoms with Crippen molar-refractivity contribution >= 4 is 5.91 Å². The molecule has 6 nitrogen and oxygen atoms in total. The zero-order valence-corrected chi connectivity index (χ0v) is 16.0. The third-order valence-corrected chi connectivity index (χ3v) is 4.64. The molecule has 1 heterocycles. The molecule has 2 aromatic rings. The number of hydrogen-bond donors (Lipinski definition) is 1. The molecule has 0 saturated heterocycles. The van der Waals surface area contributed by atoms with Gasteiger partial charge in [-0.05, 0) is 37.0 Å². The van der Waals surface area contributed by atoms with Gasteiger partial charge in [0.05, 0.1) is 6.61 Å². The lowest BCUT2D eigenvalue weighted by Gasteiger charge is -2.23. The van der Waals surface area contributed by atoms with E-state index in [9.17, 15) is 14.9 Å². The number of pyridine rings is 1. The second kappa shape index (κ2) is 9.70. The fraction of sp³-hybridized carbons (Fsp3) is 0.381. The number of carbonyl (C=O) groups excluding carboxylic acids is 1. The molecule has 0 atom stereocenters. The summed E-state index contributed by atoms with van der Waals surface area (Å²) < 4.78 is 5.13. The van der Waals surface area contributed by atoms with E-state index in [1.165, 1.54) is 0 Å². The Bertz CT molecular complexity index is 882. The number of methoxy groups -OCH3 is 1. The van der Waals surface area contributed by atoms with Crippen LogP contribution in [0.15, 0.2) is 35.1 Å². The molecule has 0 aliphatic heterocycles. The van der Waals surface area contributed by atoms with Crippen LogP contribution < -0.4 is 5.56 Å². The molecule has 2 rings (SSSR count). The summed E-state index contributed by atoms with van der Waals surface area (Å²) in [7, 11) is 1.61. The Morgan fingerprint density at radius 2 is 1.96 bits per heavy atom. The smallest absolute Gasteiger partial charge is 0.266 e. The molecule has 0 fully saturated rings. The minimum Gasteiger partial charge on any atom is -0.383 e. The molecule has 1 amide bonds. The average molecular weight is 367 g/mol. The van der Waals surface area contributed by atoms with Gasteiger partial charge in [-0.25, -0.2) is 0 Å². The van der Waals surface area contributed by atoms with E-state index in [4.69, 9.17) is 4.74 Å². The highest BCUT2D eigenvalue weighted by Gasteiger charge is 2.17. The molecule has 0 aliphatic carbocycles. The fourth-order valence-corrected chi connectivity index (χ4v) is 3.11. The van der Waals surface area contributed by atoms with Crippen molar-refractivity contribution in [3.63, 3.8) is 0 Å². The Morgan fingerprint density at radius 3 is 2.59 bits per heavy atom. The molecule has 6 heteroatoms. The zero-order chi connectivity index (χ0) is 19.8. The van der Waals surface area contributed by atoms with Crippen molar-refractivity contribution in [2.75, 3.05) is 20.3 Å². The normalized spacial score (nSPS) is 10.4. The lowest BCUT2D eigenvalue weighted by Crippen LogP contribution is -2.33. The Hall–Kier alpha value is -2.91. The highest BCUT2D eigenvalue weighted by Crippen LogP contribution is 2.16. The monoisotopic (exact) mass is 367 g/mol. The van der Waals surface area contributed by atoms with Crippen LogP contribution in [0, 0.1) is 25.2 Å². The van der Waals surface area contributed by atoms with Crippen molar-refractivity contribution in [3.05, 3.63) is 68.6 Å². The van der Waals surface area contributed by atoms with E-state index in [2.05, 4.69) is 4.98 Å². The average Bonchev–Trinajstić information content (AvgIpc) is 2.65. The standard InChI is InChI=1S/C21H25N3O3/c1-15-18(16(2)23-21(26)19(15)13-22)9-10-20(25)24(11-12-27-3)14-17-7-5-4-6-8-17/h4-8H,9-12,14H2,1-3H3,(H,23,26). The van der Waals surface area contributed by atoms with Gasteiger partial charge in [-0.3, -0.25) is 9.59 Å². The molecule has 0 saturated carbocycles. The molecule has 142 valence electrons. The first-order valence-corrected chi connectivity index (χ1v) is 8.91. The number of rotatable bonds is 8. The highest BCUT2D eigenvalue weighted by atomic mass is 16.5. The number of amides is 1. The minimum absolute atomic E-state index is 0.0133. The van der Waals surface area contributed by atoms with Gasteiger partial charge in [0.15, 0.2) is 0 Å². The van der Waals surface area contributed by atoms with Crippen LogP contribution in [0.5, 0.6) is 0 Å². The summed E-state index contributed by atoms with van der Waals surface area (Å²) in [4.78, 5) is 29.1. The van der Waals surface area contributed by atoms with Gasteiger partial charge in [-0.15, -0.1) is 0 Å². The van der Waals surface area contributed by atoms with E-state index >= 15 is 0 Å². The Labute approximate surface area is 159 Å². The first-order valence-electron chi connectivity index (χ1n) is 8.91. The van der Waals surface area contributed by atoms with Crippen molar-refractivity contribution in [3.8, 4) is 6.07 Å². The second-order valence-electron chi connectivity index (χ2n) is 6.46. The lowest BCUT2D eigenvalue weighted by atomic mass is 9.99. The molecule has 0 spiro atoms. The topological polar surface area (TPSA) is 86.2 Å². The number of nitrogens with zero attached hydrogens (tertiary/aromatic N) is 2. The Balaban J connectivity index is 2.14. The summed E-state index contributed by atoms with van der Waals surface area (Å²) in [5, 5.41) is 9.18. The number of carbonyl (C=O) groups is 1. The third-order valence-electron chi connectivity index (χ3n) is 4.64. The van der Waals surface area contributed by atoms with Crippen molar-refractivity contribution in [2.45, 2.75) is 33.2 Å². The van der Waals surface area contributed by atoms with Gasteiger partial charge in [0.25, 0.3) is 5.56 Å². The van der Waals surface area contributed by atoms with Gasteiger partial charge >= 0.3 is 0 Å². The number of nitriles is 1. The van der Waals surface area contributed by atoms with Gasteiger partial charge in [0.1, 0.15) is 11.6 Å². The van der Waals surface area contributed by atoms with Crippen molar-refractivity contribution in [1.82, 2.24) is 9.88 Å². The highest BCUT2D eigenvalue weighted by molar-refractivity contribution is 5.76. The lowest BCUT2D eigenvalue weighted by molar-refractivity contribution is -0.132. The number of benzene rings is 1. The quantitative estimate of drug-likeness (QED) is 0.776. The molecular formula is C21H25N3O3. The molecule has 0 radical (unpaired) electrons. The second-order valence-corrected chi connectivity index (χ2v) is 6.46. The zero-order valence-electron chi connectivity index (χ0n) is 16.0. The van der Waals surface area contributed by atoms with Crippen molar-refractivity contribution in [1.29, 1.82) is 5.26 Å². The van der Waals surface area contributed by atoms with Crippen LogP contribution in [0.1, 0.15) is 34.4 Å². The van der Waals surface area contributed by atoms with Crippen molar-refractivity contribution < 1.29 is 9.53 Å². The van der Waals surface area contributed by atoms with Crippen LogP contribution in [-0.2, 0) is 22.5 Å². The van der Waals surface area contributed by atoms with Crippen molar-refractivity contribution in [2.24, 2.45) is 0 Å². The molecule has 0 unspecified atom stereocenters. The molecule has 1 aromatic heterocycles. The molecule has 27 heavy (non-hydrogen) atoms. The van der Waals surface area contributed by atoms with Gasteiger partial charge in [-0.1, -0.05) is 30.3 Å². The van der Waals surface area contributed by atoms with Crippen LogP contribution >= 0.6 is 0 Å². The predicted octanol–water partition coefficient (Wildman–Crippen LogP) is 2.47. The first-order chi connectivity index (χ1) is 13.0. The predicted molar refractivity (Wildman–Crippen MR) is 103 cm³/mol. The maximum Gasteiger partial charge on any atom is 0.266 e. The Morgan fingerprint density at radius 1 is 1.26 bits per heavy atom. The van der Waals surface area contributed by atoms with E-state index in [0.717, 1.165) is 11.1 Å². The fourth-order valence-electron chi connectivity index (χ4n) is 3.11. The molecule has 0 bridgehead atoms. The summed E-state index contributed by atoms with van der Waals surface area (Å²) in [6, 6.07) is 11.8. The SMILES string of the molecule is COCCN(Cc1ccccc1)C(=O)CCc1c(C)[nH]c(=O)c(C#N)c1C. The number of nitrogens with one attached hydrogen (secondary N) is 1. The van der Waals surface area contributed by atoms with E-state index in [1.807, 2.05) is 36.4 Å². The molecule has 0 aliphatic rings. The van der Waals surface area contributed by atoms with Crippen LogP contribution in [0.2, 0.25) is 0 Å². The van der Waals surface area contributed by atoms with Crippen LogP contribution in [0.3, 0.4) is 0 Å². The first kappa shape index (κ1) is 20.4. The minimum atomic E-state index is -0.381. The maximum absolute atomic E-state index is 12.8. The van der Waals surface area contributed by atoms with E-state index in [1.54, 1.807) is 25.9 Å². The van der Waals surface area contributed by atoms with Crippen LogP contribution in [0.4, 0.5) is 0 Å². The van der Waals surface area contributed by atoms with E-state index < -0.39 is 0 Å². The summed E-state index contributed by atoms with van der Waals surface area (Å²) in [5.74, 6) is 0.0133.